The highest BCUT2D eigenvalue weighted by Gasteiger charge is 2.71. The number of aromatic hydroxyl groups is 1. The van der Waals surface area contributed by atoms with Crippen molar-refractivity contribution in [2.45, 2.75) is 36.7 Å². The molecule has 1 aromatic rings. The highest BCUT2D eigenvalue weighted by Crippen LogP contribution is 2.55. The molecule has 0 spiro atoms. The predicted octanol–water partition coefficient (Wildman–Crippen LogP) is -1.34. The van der Waals surface area contributed by atoms with Crippen LogP contribution in [0, 0.1) is 17.8 Å². The molecule has 0 bridgehead atoms. The number of rotatable bonds is 2. The van der Waals surface area contributed by atoms with E-state index < -0.39 is 76.3 Å². The fraction of sp³-hybridized carbons (Fsp3) is 0.500. The van der Waals surface area contributed by atoms with Gasteiger partial charge in [0.2, 0.25) is 11.7 Å². The van der Waals surface area contributed by atoms with Gasteiger partial charge in [-0.05, 0) is 31.6 Å². The lowest BCUT2D eigenvalue weighted by molar-refractivity contribution is -0.199. The predicted molar refractivity (Wildman–Crippen MR) is 110 cm³/mol. The molecule has 1 amide bonds. The molecule has 32 heavy (non-hydrogen) atoms. The van der Waals surface area contributed by atoms with E-state index in [0.717, 1.165) is 0 Å². The highest BCUT2D eigenvalue weighted by atomic mass is 16.3. The third-order valence-electron chi connectivity index (χ3n) is 7.36. The van der Waals surface area contributed by atoms with Gasteiger partial charge in [0.15, 0.2) is 11.4 Å². The first-order valence-electron chi connectivity index (χ1n) is 10.3. The number of phenolic OH excluding ortho intramolecular Hbond substituents is 1. The number of hydrogen-bond acceptors (Lipinski definition) is 9. The van der Waals surface area contributed by atoms with Gasteiger partial charge in [-0.15, -0.1) is 0 Å². The van der Waals surface area contributed by atoms with Crippen molar-refractivity contribution < 1.29 is 39.9 Å². The summed E-state index contributed by atoms with van der Waals surface area (Å²) in [6.45, 7) is 1.69. The normalized spacial score (nSPS) is 38.9. The number of nitrogens with two attached hydrogens (primary N) is 1. The Labute approximate surface area is 183 Å². The third-order valence-corrected chi connectivity index (χ3v) is 7.36. The Morgan fingerprint density at radius 3 is 2.31 bits per heavy atom. The van der Waals surface area contributed by atoms with Crippen molar-refractivity contribution in [2.75, 3.05) is 14.1 Å². The van der Waals surface area contributed by atoms with Gasteiger partial charge in [-0.1, -0.05) is 19.1 Å². The Bertz CT molecular complexity index is 1070. The van der Waals surface area contributed by atoms with Crippen LogP contribution in [-0.4, -0.2) is 85.9 Å². The van der Waals surface area contributed by atoms with Crippen molar-refractivity contribution in [2.24, 2.45) is 23.5 Å². The van der Waals surface area contributed by atoms with E-state index in [1.165, 1.54) is 25.1 Å². The smallest absolute Gasteiger partial charge is 0.230 e. The van der Waals surface area contributed by atoms with Gasteiger partial charge in [-0.2, -0.15) is 0 Å². The first-order valence-corrected chi connectivity index (χ1v) is 10.3. The number of aliphatic hydroxyl groups excluding tert-OH is 3. The molecule has 8 atom stereocenters. The third kappa shape index (κ3) is 2.57. The number of phenols is 1. The molecule has 0 saturated heterocycles. The van der Waals surface area contributed by atoms with Crippen LogP contribution in [0.2, 0.25) is 0 Å². The molecule has 172 valence electrons. The van der Waals surface area contributed by atoms with E-state index in [0.29, 0.717) is 5.56 Å². The molecule has 3 aliphatic carbocycles. The molecular weight excluding hydrogens is 420 g/mol. The number of carbonyl (C=O) groups excluding carboxylic acids is 3. The SMILES string of the molecule is C[C@H]1c2cccc(O)c2C(O)=C2C(=O)[C@]3(O)C(=O)C(C(N)=O)C(O)C(N(C)C)C3[C@@H](O)C21. The van der Waals surface area contributed by atoms with Crippen LogP contribution in [0.1, 0.15) is 24.0 Å². The summed E-state index contributed by atoms with van der Waals surface area (Å²) in [6.07, 6.45) is -3.22. The minimum atomic E-state index is -2.91. The zero-order chi connectivity index (χ0) is 23.9. The number of carbonyl (C=O) groups is 3. The number of hydrogen-bond donors (Lipinski definition) is 6. The molecule has 3 aliphatic rings. The Balaban J connectivity index is 2.01. The second-order valence-corrected chi connectivity index (χ2v) is 9.12. The molecule has 2 saturated carbocycles. The average Bonchev–Trinajstić information content (AvgIpc) is 2.70. The van der Waals surface area contributed by atoms with Crippen LogP contribution in [-0.2, 0) is 14.4 Å². The van der Waals surface area contributed by atoms with Gasteiger partial charge in [0, 0.05) is 23.5 Å². The van der Waals surface area contributed by atoms with E-state index >= 15 is 0 Å². The van der Waals surface area contributed by atoms with Gasteiger partial charge in [0.1, 0.15) is 17.4 Å². The second-order valence-electron chi connectivity index (χ2n) is 9.12. The molecule has 0 heterocycles. The molecule has 0 radical (unpaired) electrons. The van der Waals surface area contributed by atoms with Crippen molar-refractivity contribution in [3.05, 3.63) is 34.9 Å². The quantitative estimate of drug-likeness (QED) is 0.300. The molecule has 4 rings (SSSR count). The maximum Gasteiger partial charge on any atom is 0.230 e. The lowest BCUT2D eigenvalue weighted by Crippen LogP contribution is -2.76. The van der Waals surface area contributed by atoms with Crippen molar-refractivity contribution in [1.82, 2.24) is 4.90 Å². The van der Waals surface area contributed by atoms with Crippen LogP contribution in [0.25, 0.3) is 5.76 Å². The number of Topliss-reactive ketones (excluding diaryl/α,β-unsaturated/α-hetero) is 2. The van der Waals surface area contributed by atoms with Crippen LogP contribution in [0.4, 0.5) is 0 Å². The number of fused-ring (bicyclic) bond motifs is 3. The van der Waals surface area contributed by atoms with E-state index in [1.54, 1.807) is 19.1 Å². The van der Waals surface area contributed by atoms with Gasteiger partial charge < -0.3 is 36.2 Å². The summed E-state index contributed by atoms with van der Waals surface area (Å²) in [5, 5.41) is 55.0. The number of ketones is 2. The van der Waals surface area contributed by atoms with Crippen molar-refractivity contribution in [3.8, 4) is 5.75 Å². The fourth-order valence-corrected chi connectivity index (χ4v) is 5.93. The minimum Gasteiger partial charge on any atom is -0.507 e. The van der Waals surface area contributed by atoms with E-state index in [-0.39, 0.29) is 11.3 Å². The lowest BCUT2D eigenvalue weighted by Gasteiger charge is -2.56. The maximum absolute atomic E-state index is 13.7. The van der Waals surface area contributed by atoms with Crippen LogP contribution in [0.5, 0.6) is 5.75 Å². The van der Waals surface area contributed by atoms with Gasteiger partial charge >= 0.3 is 0 Å². The van der Waals surface area contributed by atoms with Crippen LogP contribution >= 0.6 is 0 Å². The van der Waals surface area contributed by atoms with Crippen LogP contribution < -0.4 is 5.73 Å². The molecule has 0 aliphatic heterocycles. The Kier molecular flexibility index (Phi) is 4.98. The number of aliphatic hydroxyl groups is 4. The number of amides is 1. The van der Waals surface area contributed by atoms with Crippen molar-refractivity contribution in [3.63, 3.8) is 0 Å². The molecular formula is C22H26N2O8. The molecule has 0 aromatic heterocycles. The Morgan fingerprint density at radius 2 is 1.75 bits per heavy atom. The Morgan fingerprint density at radius 1 is 1.12 bits per heavy atom. The molecule has 7 N–H and O–H groups in total. The van der Waals surface area contributed by atoms with Crippen LogP contribution in [0.3, 0.4) is 0 Å². The summed E-state index contributed by atoms with van der Waals surface area (Å²) in [5.74, 6) is -9.67. The van der Waals surface area contributed by atoms with E-state index in [4.69, 9.17) is 5.73 Å². The average molecular weight is 446 g/mol. The van der Waals surface area contributed by atoms with Gasteiger partial charge in [-0.3, -0.25) is 14.4 Å². The first-order chi connectivity index (χ1) is 14.9. The van der Waals surface area contributed by atoms with E-state index in [1.807, 2.05) is 0 Å². The summed E-state index contributed by atoms with van der Waals surface area (Å²) in [7, 11) is 3.03. The molecule has 10 nitrogen and oxygen atoms in total. The number of benzene rings is 1. The first kappa shape index (κ1) is 22.4. The van der Waals surface area contributed by atoms with Gasteiger partial charge in [0.05, 0.1) is 17.8 Å². The molecule has 10 heteroatoms. The van der Waals surface area contributed by atoms with Gasteiger partial charge in [-0.25, -0.2) is 0 Å². The van der Waals surface area contributed by atoms with Crippen LogP contribution in [0.15, 0.2) is 23.8 Å². The zero-order valence-corrected chi connectivity index (χ0v) is 17.8. The summed E-state index contributed by atoms with van der Waals surface area (Å²) in [4.78, 5) is 40.3. The van der Waals surface area contributed by atoms with E-state index in [2.05, 4.69) is 0 Å². The zero-order valence-electron chi connectivity index (χ0n) is 17.8. The topological polar surface area (TPSA) is 182 Å². The maximum atomic E-state index is 13.7. The second kappa shape index (κ2) is 7.11. The number of primary amides is 1. The summed E-state index contributed by atoms with van der Waals surface area (Å²) < 4.78 is 0. The molecule has 2 fully saturated rings. The standard InChI is InChI=1S/C22H26N2O8/c1-7-8-5-4-6-9(25)11(8)16(26)12-10(7)17(27)14-15(24(2)3)18(28)13(21(23)31)20(30)22(14,32)19(12)29/h4-7,10,13-15,17-18,25-28,32H,1-3H3,(H2,23,31)/t7-,10?,13?,14?,15?,17-,18?,22-/m0/s1. The number of likely N-dealkylation sites (N-methyl/N-ethyl adjacent to an activating group) is 1. The largest absolute Gasteiger partial charge is 0.507 e. The molecule has 5 unspecified atom stereocenters. The summed E-state index contributed by atoms with van der Waals surface area (Å²) in [6, 6.07) is 3.34. The summed E-state index contributed by atoms with van der Waals surface area (Å²) in [5.41, 5.74) is 2.47. The minimum absolute atomic E-state index is 0.0206. The highest BCUT2D eigenvalue weighted by molar-refractivity contribution is 6.25. The fourth-order valence-electron chi connectivity index (χ4n) is 5.93. The number of nitrogens with zero attached hydrogens (tertiary/aromatic N) is 1. The Hall–Kier alpha value is -2.79. The van der Waals surface area contributed by atoms with Crippen molar-refractivity contribution >= 4 is 23.2 Å². The van der Waals surface area contributed by atoms with Gasteiger partial charge in [0.25, 0.3) is 0 Å². The summed E-state index contributed by atoms with van der Waals surface area (Å²) >= 11 is 0. The van der Waals surface area contributed by atoms with Crippen molar-refractivity contribution in [1.29, 1.82) is 0 Å². The monoisotopic (exact) mass is 446 g/mol. The molecule has 1 aromatic carbocycles. The van der Waals surface area contributed by atoms with E-state index in [9.17, 15) is 39.9 Å². The lowest BCUT2D eigenvalue weighted by atomic mass is 9.52.